The molecular weight excluding hydrogens is 260 g/mol. The molecule has 0 aliphatic carbocycles. The van der Waals surface area contributed by atoms with Crippen molar-refractivity contribution < 1.29 is 14.3 Å². The van der Waals surface area contributed by atoms with Crippen LogP contribution in [0.4, 0.5) is 0 Å². The summed E-state index contributed by atoms with van der Waals surface area (Å²) in [5.74, 6) is 0.520. The number of methoxy groups -OCH3 is 2. The lowest BCUT2D eigenvalue weighted by Gasteiger charge is -2.24. The SMILES string of the molecule is COCCNC(=NCC(=O)N(C)C)NCC(C)(C)OC. The first-order valence-electron chi connectivity index (χ1n) is 6.59. The predicted octanol–water partition coefficient (Wildman–Crippen LogP) is -0.319. The van der Waals surface area contributed by atoms with E-state index in [9.17, 15) is 4.79 Å². The molecule has 0 aromatic rings. The fourth-order valence-electron chi connectivity index (χ4n) is 1.10. The molecule has 20 heavy (non-hydrogen) atoms. The zero-order chi connectivity index (χ0) is 15.6. The number of hydrogen-bond donors (Lipinski definition) is 2. The van der Waals surface area contributed by atoms with Crippen LogP contribution in [0.3, 0.4) is 0 Å². The van der Waals surface area contributed by atoms with E-state index in [-0.39, 0.29) is 18.1 Å². The quantitative estimate of drug-likeness (QED) is 0.364. The molecule has 7 heteroatoms. The molecule has 0 spiro atoms. The smallest absolute Gasteiger partial charge is 0.243 e. The lowest BCUT2D eigenvalue weighted by molar-refractivity contribution is -0.127. The van der Waals surface area contributed by atoms with Gasteiger partial charge in [-0.05, 0) is 13.8 Å². The Morgan fingerprint density at radius 1 is 1.25 bits per heavy atom. The summed E-state index contributed by atoms with van der Waals surface area (Å²) in [5.41, 5.74) is -0.310. The van der Waals surface area contributed by atoms with Crippen molar-refractivity contribution in [2.24, 2.45) is 4.99 Å². The van der Waals surface area contributed by atoms with Crippen LogP contribution >= 0.6 is 0 Å². The summed E-state index contributed by atoms with van der Waals surface area (Å²) < 4.78 is 10.3. The van der Waals surface area contributed by atoms with Crippen LogP contribution in [0, 0.1) is 0 Å². The van der Waals surface area contributed by atoms with Gasteiger partial charge in [-0.25, -0.2) is 4.99 Å². The highest BCUT2D eigenvalue weighted by Gasteiger charge is 2.16. The molecule has 0 fully saturated rings. The molecule has 0 aliphatic heterocycles. The van der Waals surface area contributed by atoms with Crippen molar-refractivity contribution in [2.45, 2.75) is 19.4 Å². The molecule has 0 rings (SSSR count). The van der Waals surface area contributed by atoms with E-state index in [1.54, 1.807) is 28.3 Å². The van der Waals surface area contributed by atoms with Gasteiger partial charge in [0.05, 0.1) is 12.2 Å². The molecule has 0 heterocycles. The highest BCUT2D eigenvalue weighted by atomic mass is 16.5. The van der Waals surface area contributed by atoms with Crippen molar-refractivity contribution in [1.82, 2.24) is 15.5 Å². The molecule has 0 bridgehead atoms. The van der Waals surface area contributed by atoms with E-state index in [0.717, 1.165) is 0 Å². The van der Waals surface area contributed by atoms with Crippen molar-refractivity contribution in [3.05, 3.63) is 0 Å². The summed E-state index contributed by atoms with van der Waals surface area (Å²) >= 11 is 0. The summed E-state index contributed by atoms with van der Waals surface area (Å²) in [4.78, 5) is 17.3. The van der Waals surface area contributed by atoms with Gasteiger partial charge in [-0.2, -0.15) is 0 Å². The van der Waals surface area contributed by atoms with Crippen LogP contribution in [0.1, 0.15) is 13.8 Å². The van der Waals surface area contributed by atoms with Gasteiger partial charge in [0.2, 0.25) is 5.91 Å². The van der Waals surface area contributed by atoms with Crippen molar-refractivity contribution in [3.63, 3.8) is 0 Å². The second-order valence-electron chi connectivity index (χ2n) is 5.19. The normalized spacial score (nSPS) is 12.2. The molecule has 0 unspecified atom stereocenters. The van der Waals surface area contributed by atoms with Gasteiger partial charge in [-0.3, -0.25) is 4.79 Å². The average molecular weight is 288 g/mol. The van der Waals surface area contributed by atoms with Gasteiger partial charge in [0, 0.05) is 41.4 Å². The van der Waals surface area contributed by atoms with E-state index in [0.29, 0.717) is 25.7 Å². The van der Waals surface area contributed by atoms with Gasteiger partial charge in [0.1, 0.15) is 6.54 Å². The minimum atomic E-state index is -0.310. The van der Waals surface area contributed by atoms with Crippen molar-refractivity contribution in [3.8, 4) is 0 Å². The van der Waals surface area contributed by atoms with Gasteiger partial charge in [-0.1, -0.05) is 0 Å². The van der Waals surface area contributed by atoms with Gasteiger partial charge in [0.15, 0.2) is 5.96 Å². The molecule has 2 N–H and O–H groups in total. The van der Waals surface area contributed by atoms with E-state index in [1.165, 1.54) is 4.90 Å². The summed E-state index contributed by atoms with van der Waals surface area (Å²) in [6.07, 6.45) is 0. The number of carbonyl (C=O) groups is 1. The number of nitrogens with zero attached hydrogens (tertiary/aromatic N) is 2. The first-order chi connectivity index (χ1) is 9.32. The minimum Gasteiger partial charge on any atom is -0.383 e. The largest absolute Gasteiger partial charge is 0.383 e. The second-order valence-corrected chi connectivity index (χ2v) is 5.19. The Bertz CT molecular complexity index is 317. The maximum atomic E-state index is 11.5. The number of amides is 1. The third kappa shape index (κ3) is 8.71. The monoisotopic (exact) mass is 288 g/mol. The van der Waals surface area contributed by atoms with Gasteiger partial charge >= 0.3 is 0 Å². The first kappa shape index (κ1) is 18.7. The van der Waals surface area contributed by atoms with E-state index < -0.39 is 0 Å². The summed E-state index contributed by atoms with van der Waals surface area (Å²) in [6.45, 7) is 5.80. The van der Waals surface area contributed by atoms with Crippen LogP contribution in [0.2, 0.25) is 0 Å². The Labute approximate surface area is 121 Å². The van der Waals surface area contributed by atoms with E-state index in [2.05, 4.69) is 15.6 Å². The average Bonchev–Trinajstić information content (AvgIpc) is 2.40. The molecule has 0 radical (unpaired) electrons. The number of aliphatic imine (C=N–C) groups is 1. The molecule has 0 aromatic carbocycles. The van der Waals surface area contributed by atoms with Gasteiger partial charge in [0.25, 0.3) is 0 Å². The fourth-order valence-corrected chi connectivity index (χ4v) is 1.10. The summed E-state index contributed by atoms with van der Waals surface area (Å²) in [5, 5.41) is 6.25. The zero-order valence-electron chi connectivity index (χ0n) is 13.4. The lowest BCUT2D eigenvalue weighted by atomic mass is 10.1. The molecule has 7 nitrogen and oxygen atoms in total. The number of rotatable bonds is 8. The molecular formula is C13H28N4O3. The summed E-state index contributed by atoms with van der Waals surface area (Å²) in [7, 11) is 6.70. The topological polar surface area (TPSA) is 75.2 Å². The molecule has 0 saturated heterocycles. The molecule has 1 amide bonds. The van der Waals surface area contributed by atoms with Crippen molar-refractivity contribution in [1.29, 1.82) is 0 Å². The Hall–Kier alpha value is -1.34. The predicted molar refractivity (Wildman–Crippen MR) is 80.0 cm³/mol. The third-order valence-corrected chi connectivity index (χ3v) is 2.70. The number of likely N-dealkylation sites (N-methyl/N-ethyl adjacent to an activating group) is 1. The number of guanidine groups is 1. The Balaban J connectivity index is 4.47. The Morgan fingerprint density at radius 2 is 1.90 bits per heavy atom. The maximum Gasteiger partial charge on any atom is 0.243 e. The molecule has 0 saturated carbocycles. The first-order valence-corrected chi connectivity index (χ1v) is 6.59. The van der Waals surface area contributed by atoms with E-state index in [4.69, 9.17) is 9.47 Å². The standard InChI is InChI=1S/C13H28N4O3/c1-13(2,20-6)10-16-12(14-7-8-19-5)15-9-11(18)17(3)4/h7-10H2,1-6H3,(H2,14,15,16). The number of carbonyl (C=O) groups excluding carboxylic acids is 1. The van der Waals surface area contributed by atoms with E-state index in [1.807, 2.05) is 13.8 Å². The van der Waals surface area contributed by atoms with Crippen LogP contribution in [0.15, 0.2) is 4.99 Å². The molecule has 0 atom stereocenters. The van der Waals surface area contributed by atoms with Crippen LogP contribution in [0.5, 0.6) is 0 Å². The van der Waals surface area contributed by atoms with Crippen LogP contribution < -0.4 is 10.6 Å². The molecule has 118 valence electrons. The molecule has 0 aromatic heterocycles. The third-order valence-electron chi connectivity index (χ3n) is 2.70. The van der Waals surface area contributed by atoms with Gasteiger partial charge in [-0.15, -0.1) is 0 Å². The lowest BCUT2D eigenvalue weighted by Crippen LogP contribution is -2.46. The number of nitrogens with one attached hydrogen (secondary N) is 2. The van der Waals surface area contributed by atoms with Crippen molar-refractivity contribution >= 4 is 11.9 Å². The Morgan fingerprint density at radius 3 is 2.40 bits per heavy atom. The number of hydrogen-bond acceptors (Lipinski definition) is 4. The zero-order valence-corrected chi connectivity index (χ0v) is 13.4. The highest BCUT2D eigenvalue weighted by molar-refractivity contribution is 5.84. The maximum absolute atomic E-state index is 11.5. The van der Waals surface area contributed by atoms with Crippen LogP contribution in [-0.2, 0) is 14.3 Å². The van der Waals surface area contributed by atoms with Crippen molar-refractivity contribution in [2.75, 3.05) is 54.6 Å². The summed E-state index contributed by atoms with van der Waals surface area (Å²) in [6, 6.07) is 0. The van der Waals surface area contributed by atoms with E-state index >= 15 is 0 Å². The van der Waals surface area contributed by atoms with Crippen LogP contribution in [0.25, 0.3) is 0 Å². The minimum absolute atomic E-state index is 0.0520. The fraction of sp³-hybridized carbons (Fsp3) is 0.846. The Kier molecular flexibility index (Phi) is 8.91. The van der Waals surface area contributed by atoms with Gasteiger partial charge < -0.3 is 25.0 Å². The second kappa shape index (κ2) is 9.55. The highest BCUT2D eigenvalue weighted by Crippen LogP contribution is 2.04. The van der Waals surface area contributed by atoms with Crippen LogP contribution in [-0.4, -0.2) is 76.9 Å². The molecule has 0 aliphatic rings. The number of ether oxygens (including phenoxy) is 2.